The first-order valence-electron chi connectivity index (χ1n) is 13.0. The molecule has 2 aliphatic rings. The molecule has 2 saturated heterocycles. The van der Waals surface area contributed by atoms with Crippen LogP contribution >= 0.6 is 0 Å². The smallest absolute Gasteiger partial charge is 0.444 e. The fraction of sp³-hybridized carbons (Fsp3) is 0.593. The van der Waals surface area contributed by atoms with Crippen LogP contribution in [-0.4, -0.2) is 82.7 Å². The predicted octanol–water partition coefficient (Wildman–Crippen LogP) is 2.43. The number of amides is 2. The van der Waals surface area contributed by atoms with Gasteiger partial charge in [0.2, 0.25) is 0 Å². The van der Waals surface area contributed by atoms with Crippen LogP contribution in [0.4, 0.5) is 9.18 Å². The van der Waals surface area contributed by atoms with Crippen molar-refractivity contribution >= 4 is 19.1 Å². The average molecular weight is 528 g/mol. The Hall–Kier alpha value is -2.94. The van der Waals surface area contributed by atoms with E-state index in [1.54, 1.807) is 6.08 Å². The lowest BCUT2D eigenvalue weighted by Crippen LogP contribution is -2.50. The van der Waals surface area contributed by atoms with Crippen molar-refractivity contribution in [2.24, 2.45) is 5.41 Å². The van der Waals surface area contributed by atoms with E-state index >= 15 is 0 Å². The standard InChI is InChI=1S/C27H38BFN4O5/c1-26(2)11-13-33(18-26)27(3,4)15-20(16-30)24(34)32-12-5-6-22(17-32)38-25(35)31-23(28(36)37)14-19-7-9-21(29)10-8-19/h7-10,15,22-23,36-37H,5-6,11-14,17-18H2,1-4H3,(H,31,35)/t22-,23-/m0/s1. The number of hydrogen-bond acceptors (Lipinski definition) is 7. The minimum absolute atomic E-state index is 0.0582. The van der Waals surface area contributed by atoms with Crippen LogP contribution in [0.5, 0.6) is 0 Å². The Balaban J connectivity index is 1.59. The lowest BCUT2D eigenvalue weighted by atomic mass is 9.76. The Morgan fingerprint density at radius 3 is 2.58 bits per heavy atom. The van der Waals surface area contributed by atoms with Crippen LogP contribution < -0.4 is 5.32 Å². The van der Waals surface area contributed by atoms with Crippen molar-refractivity contribution in [3.05, 3.63) is 47.3 Å². The Kier molecular flexibility index (Phi) is 9.57. The number of carbonyl (C=O) groups is 2. The number of halogens is 1. The quantitative estimate of drug-likeness (QED) is 0.269. The molecule has 2 atom stereocenters. The van der Waals surface area contributed by atoms with Gasteiger partial charge in [-0.2, -0.15) is 5.26 Å². The molecule has 9 nitrogen and oxygen atoms in total. The highest BCUT2D eigenvalue weighted by Gasteiger charge is 2.38. The van der Waals surface area contributed by atoms with Crippen molar-refractivity contribution in [2.45, 2.75) is 71.0 Å². The van der Waals surface area contributed by atoms with Gasteiger partial charge >= 0.3 is 13.2 Å². The van der Waals surface area contributed by atoms with Crippen LogP contribution in [0.1, 0.15) is 52.5 Å². The van der Waals surface area contributed by atoms with Gasteiger partial charge < -0.3 is 25.0 Å². The van der Waals surface area contributed by atoms with Crippen LogP contribution in [0.15, 0.2) is 35.9 Å². The Bertz CT molecular complexity index is 1070. The third-order valence-electron chi connectivity index (χ3n) is 7.31. The summed E-state index contributed by atoms with van der Waals surface area (Å²) in [5.74, 6) is -1.88. The molecule has 0 aromatic heterocycles. The SMILES string of the molecule is CC1(C)CCN(C(C)(C)C=C(C#N)C(=O)N2CCC[C@H](OC(=O)N[C@@H](Cc3ccc(F)cc3)B(O)O)C2)C1. The lowest BCUT2D eigenvalue weighted by Gasteiger charge is -2.35. The molecule has 0 bridgehead atoms. The summed E-state index contributed by atoms with van der Waals surface area (Å²) >= 11 is 0. The molecule has 2 fully saturated rings. The van der Waals surface area contributed by atoms with Gasteiger partial charge in [0.1, 0.15) is 23.6 Å². The number of hydrogen-bond donors (Lipinski definition) is 3. The molecule has 0 radical (unpaired) electrons. The number of likely N-dealkylation sites (tertiary alicyclic amines) is 2. The molecule has 38 heavy (non-hydrogen) atoms. The lowest BCUT2D eigenvalue weighted by molar-refractivity contribution is -0.129. The highest BCUT2D eigenvalue weighted by Crippen LogP contribution is 2.34. The summed E-state index contributed by atoms with van der Waals surface area (Å²) in [6, 6.07) is 7.55. The number of benzene rings is 1. The van der Waals surface area contributed by atoms with Crippen LogP contribution in [-0.2, 0) is 16.0 Å². The van der Waals surface area contributed by atoms with E-state index in [0.717, 1.165) is 19.5 Å². The van der Waals surface area contributed by atoms with Crippen LogP contribution in [0.2, 0.25) is 0 Å². The largest absolute Gasteiger partial charge is 0.475 e. The molecular weight excluding hydrogens is 490 g/mol. The Morgan fingerprint density at radius 2 is 2.00 bits per heavy atom. The molecule has 206 valence electrons. The number of piperidine rings is 1. The average Bonchev–Trinajstić information content (AvgIpc) is 3.23. The number of alkyl carbamates (subject to hydrolysis) is 1. The van der Waals surface area contributed by atoms with E-state index in [2.05, 4.69) is 30.1 Å². The molecule has 0 unspecified atom stereocenters. The summed E-state index contributed by atoms with van der Waals surface area (Å²) in [6.45, 7) is 10.8. The molecule has 11 heteroatoms. The van der Waals surface area contributed by atoms with Crippen molar-refractivity contribution in [3.8, 4) is 6.07 Å². The van der Waals surface area contributed by atoms with Crippen LogP contribution in [0, 0.1) is 22.6 Å². The maximum absolute atomic E-state index is 13.2. The van der Waals surface area contributed by atoms with Gasteiger partial charge in [-0.25, -0.2) is 9.18 Å². The fourth-order valence-electron chi connectivity index (χ4n) is 5.02. The van der Waals surface area contributed by atoms with Gasteiger partial charge in [-0.05, 0) is 75.3 Å². The first-order valence-corrected chi connectivity index (χ1v) is 13.0. The topological polar surface area (TPSA) is 126 Å². The normalized spacial score (nSPS) is 20.9. The van der Waals surface area contributed by atoms with Gasteiger partial charge in [-0.1, -0.05) is 26.0 Å². The molecule has 2 aliphatic heterocycles. The molecule has 1 aromatic rings. The summed E-state index contributed by atoms with van der Waals surface area (Å²) in [5.41, 5.74) is 0.387. The van der Waals surface area contributed by atoms with E-state index < -0.39 is 42.5 Å². The van der Waals surface area contributed by atoms with Crippen LogP contribution in [0.25, 0.3) is 0 Å². The second-order valence-corrected chi connectivity index (χ2v) is 11.6. The molecular formula is C27H38BFN4O5. The third-order valence-corrected chi connectivity index (χ3v) is 7.31. The molecule has 1 aromatic carbocycles. The molecule has 0 aliphatic carbocycles. The van der Waals surface area contributed by atoms with Gasteiger partial charge in [0.25, 0.3) is 5.91 Å². The molecule has 3 rings (SSSR count). The van der Waals surface area contributed by atoms with E-state index in [9.17, 15) is 29.3 Å². The summed E-state index contributed by atoms with van der Waals surface area (Å²) in [5, 5.41) is 31.6. The number of rotatable bonds is 8. The summed E-state index contributed by atoms with van der Waals surface area (Å²) in [7, 11) is -1.86. The molecule has 0 saturated carbocycles. The van der Waals surface area contributed by atoms with Gasteiger partial charge in [-0.3, -0.25) is 9.69 Å². The predicted molar refractivity (Wildman–Crippen MR) is 141 cm³/mol. The van der Waals surface area contributed by atoms with Gasteiger partial charge in [-0.15, -0.1) is 0 Å². The van der Waals surface area contributed by atoms with E-state index in [0.29, 0.717) is 24.9 Å². The Morgan fingerprint density at radius 1 is 1.32 bits per heavy atom. The van der Waals surface area contributed by atoms with E-state index in [1.165, 1.54) is 29.2 Å². The van der Waals surface area contributed by atoms with E-state index in [1.807, 2.05) is 13.8 Å². The highest BCUT2D eigenvalue weighted by molar-refractivity contribution is 6.43. The summed E-state index contributed by atoms with van der Waals surface area (Å²) in [4.78, 5) is 29.6. The first kappa shape index (κ1) is 29.6. The minimum atomic E-state index is -1.86. The van der Waals surface area contributed by atoms with Crippen molar-refractivity contribution < 1.29 is 28.8 Å². The zero-order valence-electron chi connectivity index (χ0n) is 22.6. The number of ether oxygens (including phenoxy) is 1. The van der Waals surface area contributed by atoms with Gasteiger partial charge in [0.15, 0.2) is 0 Å². The fourth-order valence-corrected chi connectivity index (χ4v) is 5.02. The first-order chi connectivity index (χ1) is 17.8. The molecule has 0 spiro atoms. The zero-order chi connectivity index (χ0) is 28.1. The van der Waals surface area contributed by atoms with Crippen molar-refractivity contribution in [2.75, 3.05) is 26.2 Å². The van der Waals surface area contributed by atoms with Gasteiger partial charge in [0, 0.05) is 18.6 Å². The molecule has 3 N–H and O–H groups in total. The molecule has 2 heterocycles. The Labute approximate surface area is 224 Å². The minimum Gasteiger partial charge on any atom is -0.444 e. The second kappa shape index (κ2) is 12.3. The van der Waals surface area contributed by atoms with Gasteiger partial charge in [0.05, 0.1) is 12.5 Å². The number of carbonyl (C=O) groups excluding carboxylic acids is 2. The maximum atomic E-state index is 13.2. The summed E-state index contributed by atoms with van der Waals surface area (Å²) in [6.07, 6.45) is 2.50. The maximum Gasteiger partial charge on any atom is 0.475 e. The van der Waals surface area contributed by atoms with Crippen molar-refractivity contribution in [1.82, 2.24) is 15.1 Å². The van der Waals surface area contributed by atoms with E-state index in [-0.39, 0.29) is 24.0 Å². The number of nitrogens with zero attached hydrogens (tertiary/aromatic N) is 3. The highest BCUT2D eigenvalue weighted by atomic mass is 19.1. The third kappa shape index (κ3) is 8.03. The summed E-state index contributed by atoms with van der Waals surface area (Å²) < 4.78 is 18.6. The monoisotopic (exact) mass is 528 g/mol. The van der Waals surface area contributed by atoms with E-state index in [4.69, 9.17) is 4.74 Å². The number of nitriles is 1. The van der Waals surface area contributed by atoms with Crippen molar-refractivity contribution in [3.63, 3.8) is 0 Å². The second-order valence-electron chi connectivity index (χ2n) is 11.6. The van der Waals surface area contributed by atoms with Crippen LogP contribution in [0.3, 0.4) is 0 Å². The molecule has 2 amide bonds. The number of nitrogens with one attached hydrogen (secondary N) is 1. The zero-order valence-corrected chi connectivity index (χ0v) is 22.6. The van der Waals surface area contributed by atoms with Crippen molar-refractivity contribution in [1.29, 1.82) is 5.26 Å².